The summed E-state index contributed by atoms with van der Waals surface area (Å²) in [5.41, 5.74) is 1.82. The molecule has 2 atom stereocenters. The molecule has 0 radical (unpaired) electrons. The second kappa shape index (κ2) is 11.1. The van der Waals surface area contributed by atoms with Crippen LogP contribution in [0.3, 0.4) is 0 Å². The van der Waals surface area contributed by atoms with E-state index in [-0.39, 0.29) is 18.3 Å². The average molecular weight is 457 g/mol. The number of likely N-dealkylation sites (tertiary alicyclic amines) is 1. The lowest BCUT2D eigenvalue weighted by Gasteiger charge is -2.38. The summed E-state index contributed by atoms with van der Waals surface area (Å²) in [6.07, 6.45) is -2.16. The maximum absolute atomic E-state index is 12.8. The fraction of sp³-hybridized carbons (Fsp3) is 0.500. The number of benzene rings is 2. The van der Waals surface area contributed by atoms with Crippen molar-refractivity contribution in [3.05, 3.63) is 59.7 Å². The highest BCUT2D eigenvalue weighted by Gasteiger charge is 2.32. The average Bonchev–Trinajstić information content (AvgIpc) is 2.72. The highest BCUT2D eigenvalue weighted by Crippen LogP contribution is 2.35. The van der Waals surface area contributed by atoms with Crippen molar-refractivity contribution in [2.24, 2.45) is 5.92 Å². The fourth-order valence-corrected chi connectivity index (χ4v) is 4.20. The predicted molar refractivity (Wildman–Crippen MR) is 123 cm³/mol. The molecule has 1 aliphatic heterocycles. The summed E-state index contributed by atoms with van der Waals surface area (Å²) in [5.74, 6) is 1.15. The second-order valence-corrected chi connectivity index (χ2v) is 8.27. The predicted octanol–water partition coefficient (Wildman–Crippen LogP) is 6.09. The smallest absolute Gasteiger partial charge is 0.416 e. The van der Waals surface area contributed by atoms with Crippen molar-refractivity contribution in [3.8, 4) is 5.75 Å². The normalized spacial score (nSPS) is 19.5. The molecular weight excluding hydrogens is 425 g/mol. The third kappa shape index (κ3) is 6.78. The molecule has 3 nitrogen and oxygen atoms in total. The molecule has 2 aromatic rings. The molecule has 1 saturated heterocycles. The zero-order valence-corrected chi connectivity index (χ0v) is 19.2. The number of anilines is 1. The lowest BCUT2D eigenvalue weighted by molar-refractivity contribution is -0.137. The van der Waals surface area contributed by atoms with E-state index in [0.29, 0.717) is 18.3 Å². The van der Waals surface area contributed by atoms with E-state index < -0.39 is 11.7 Å². The van der Waals surface area contributed by atoms with Gasteiger partial charge in [-0.25, -0.2) is 0 Å². The maximum atomic E-state index is 12.8. The van der Waals surface area contributed by atoms with Crippen LogP contribution in [0.15, 0.2) is 48.5 Å². The molecule has 2 aromatic carbocycles. The Labute approximate surface area is 189 Å². The van der Waals surface area contributed by atoms with E-state index in [0.717, 1.165) is 44.6 Å². The van der Waals surface area contributed by atoms with E-state index in [9.17, 15) is 13.2 Å². The number of hydrogen-bond donors (Lipinski definition) is 0. The molecule has 0 N–H and O–H groups in total. The van der Waals surface area contributed by atoms with Gasteiger partial charge < -0.3 is 14.5 Å². The first-order valence-corrected chi connectivity index (χ1v) is 10.6. The first kappa shape index (κ1) is 25.3. The molecule has 3 rings (SSSR count). The van der Waals surface area contributed by atoms with Crippen molar-refractivity contribution in [2.45, 2.75) is 31.9 Å². The maximum Gasteiger partial charge on any atom is 0.416 e. The number of alkyl halides is 3. The zero-order valence-electron chi connectivity index (χ0n) is 18.4. The fourth-order valence-electron chi connectivity index (χ4n) is 4.20. The second-order valence-electron chi connectivity index (χ2n) is 8.27. The molecule has 0 aliphatic carbocycles. The molecule has 0 aromatic heterocycles. The summed E-state index contributed by atoms with van der Waals surface area (Å²) in [5, 5.41) is 0. The molecular formula is C24H32ClF3N2O. The SMILES string of the molecule is CCCN1CC[C@@H](c2ccc(N(C)C)cc2)[C@H](COc2ccc(C(F)(F)F)cc2)C1.Cl. The van der Waals surface area contributed by atoms with Gasteiger partial charge in [-0.05, 0) is 73.8 Å². The first-order valence-electron chi connectivity index (χ1n) is 10.6. The van der Waals surface area contributed by atoms with Gasteiger partial charge in [0, 0.05) is 32.2 Å². The van der Waals surface area contributed by atoms with Crippen molar-refractivity contribution in [1.29, 1.82) is 0 Å². The molecule has 0 unspecified atom stereocenters. The Morgan fingerprint density at radius 2 is 1.68 bits per heavy atom. The Bertz CT molecular complexity index is 794. The molecule has 1 heterocycles. The Morgan fingerprint density at radius 1 is 1.03 bits per heavy atom. The largest absolute Gasteiger partial charge is 0.493 e. The van der Waals surface area contributed by atoms with E-state index in [1.54, 1.807) is 0 Å². The number of piperidine rings is 1. The van der Waals surface area contributed by atoms with Gasteiger partial charge in [0.15, 0.2) is 0 Å². The van der Waals surface area contributed by atoms with Crippen LogP contribution < -0.4 is 9.64 Å². The van der Waals surface area contributed by atoms with Crippen molar-refractivity contribution < 1.29 is 17.9 Å². The molecule has 31 heavy (non-hydrogen) atoms. The summed E-state index contributed by atoms with van der Waals surface area (Å²) in [7, 11) is 4.05. The molecule has 172 valence electrons. The summed E-state index contributed by atoms with van der Waals surface area (Å²) >= 11 is 0. The molecule has 0 bridgehead atoms. The Morgan fingerprint density at radius 3 is 2.23 bits per heavy atom. The molecule has 1 aliphatic rings. The zero-order chi connectivity index (χ0) is 21.7. The van der Waals surface area contributed by atoms with E-state index in [1.807, 2.05) is 14.1 Å². The summed E-state index contributed by atoms with van der Waals surface area (Å²) < 4.78 is 44.3. The van der Waals surface area contributed by atoms with Crippen LogP contribution >= 0.6 is 12.4 Å². The lowest BCUT2D eigenvalue weighted by Crippen LogP contribution is -2.42. The number of nitrogens with zero attached hydrogens (tertiary/aromatic N) is 2. The topological polar surface area (TPSA) is 15.7 Å². The monoisotopic (exact) mass is 456 g/mol. The molecule has 7 heteroatoms. The van der Waals surface area contributed by atoms with Gasteiger partial charge in [-0.2, -0.15) is 13.2 Å². The third-order valence-corrected chi connectivity index (χ3v) is 5.84. The third-order valence-electron chi connectivity index (χ3n) is 5.84. The van der Waals surface area contributed by atoms with Gasteiger partial charge in [0.05, 0.1) is 12.2 Å². The summed E-state index contributed by atoms with van der Waals surface area (Å²) in [6.45, 7) is 5.73. The standard InChI is InChI=1S/C24H31F3N2O.ClH/c1-4-14-29-15-13-23(18-5-9-21(10-6-18)28(2)3)19(16-29)17-30-22-11-7-20(8-12-22)24(25,26)27;/h5-12,19,23H,4,13-17H2,1-3H3;1H/t19-,23-;/m0./s1. The van der Waals surface area contributed by atoms with Crippen LogP contribution in [0.25, 0.3) is 0 Å². The van der Waals surface area contributed by atoms with Gasteiger partial charge in [0.25, 0.3) is 0 Å². The van der Waals surface area contributed by atoms with E-state index in [2.05, 4.69) is 41.0 Å². The summed E-state index contributed by atoms with van der Waals surface area (Å²) in [6, 6.07) is 13.7. The van der Waals surface area contributed by atoms with E-state index >= 15 is 0 Å². The first-order chi connectivity index (χ1) is 14.3. The number of ether oxygens (including phenoxy) is 1. The Balaban J connectivity index is 0.00000341. The van der Waals surface area contributed by atoms with Crippen LogP contribution in [0.5, 0.6) is 5.75 Å². The van der Waals surface area contributed by atoms with Crippen LogP contribution in [-0.4, -0.2) is 45.2 Å². The quantitative estimate of drug-likeness (QED) is 0.501. The Kier molecular flexibility index (Phi) is 9.07. The minimum atomic E-state index is -4.33. The van der Waals surface area contributed by atoms with Crippen molar-refractivity contribution >= 4 is 18.1 Å². The molecule has 0 spiro atoms. The van der Waals surface area contributed by atoms with Crippen LogP contribution in [0, 0.1) is 5.92 Å². The van der Waals surface area contributed by atoms with E-state index in [1.165, 1.54) is 23.4 Å². The van der Waals surface area contributed by atoms with Gasteiger partial charge in [-0.15, -0.1) is 12.4 Å². The van der Waals surface area contributed by atoms with Crippen molar-refractivity contribution in [1.82, 2.24) is 4.90 Å². The van der Waals surface area contributed by atoms with Crippen LogP contribution in [0.4, 0.5) is 18.9 Å². The molecule has 0 amide bonds. The minimum Gasteiger partial charge on any atom is -0.493 e. The van der Waals surface area contributed by atoms with Crippen molar-refractivity contribution in [3.63, 3.8) is 0 Å². The highest BCUT2D eigenvalue weighted by atomic mass is 35.5. The number of hydrogen-bond acceptors (Lipinski definition) is 3. The van der Waals surface area contributed by atoms with Gasteiger partial charge in [0.2, 0.25) is 0 Å². The number of rotatable bonds is 7. The van der Waals surface area contributed by atoms with Crippen LogP contribution in [-0.2, 0) is 6.18 Å². The number of halogens is 4. The van der Waals surface area contributed by atoms with Gasteiger partial charge in [-0.1, -0.05) is 19.1 Å². The lowest BCUT2D eigenvalue weighted by atomic mass is 9.80. The Hall–Kier alpha value is -1.92. The molecule has 1 fully saturated rings. The van der Waals surface area contributed by atoms with Crippen LogP contribution in [0.1, 0.15) is 36.8 Å². The highest BCUT2D eigenvalue weighted by molar-refractivity contribution is 5.85. The van der Waals surface area contributed by atoms with Gasteiger partial charge in [0.1, 0.15) is 5.75 Å². The van der Waals surface area contributed by atoms with Crippen molar-refractivity contribution in [2.75, 3.05) is 45.2 Å². The van der Waals surface area contributed by atoms with Gasteiger partial charge in [-0.3, -0.25) is 0 Å². The minimum absolute atomic E-state index is 0. The van der Waals surface area contributed by atoms with Gasteiger partial charge >= 0.3 is 6.18 Å². The van der Waals surface area contributed by atoms with E-state index in [4.69, 9.17) is 4.74 Å². The molecule has 0 saturated carbocycles. The van der Waals surface area contributed by atoms with Crippen LogP contribution in [0.2, 0.25) is 0 Å². The summed E-state index contributed by atoms with van der Waals surface area (Å²) in [4.78, 5) is 4.55.